The van der Waals surface area contributed by atoms with E-state index in [-0.39, 0.29) is 11.7 Å². The number of amides is 1. The van der Waals surface area contributed by atoms with Gasteiger partial charge >= 0.3 is 0 Å². The Morgan fingerprint density at radius 3 is 2.78 bits per heavy atom. The predicted octanol–water partition coefficient (Wildman–Crippen LogP) is 6.46. The minimum absolute atomic E-state index is 0.292. The molecule has 1 fully saturated rings. The number of pyridine rings is 1. The van der Waals surface area contributed by atoms with Crippen molar-refractivity contribution in [1.29, 1.82) is 0 Å². The smallest absolute Gasteiger partial charge is 0.255 e. The molecule has 4 aromatic rings. The fourth-order valence-corrected chi connectivity index (χ4v) is 5.00. The molecule has 1 N–H and O–H groups in total. The number of nitrogens with zero attached hydrogens (tertiary/aromatic N) is 2. The highest BCUT2D eigenvalue weighted by Crippen LogP contribution is 2.32. The molecule has 0 bridgehead atoms. The van der Waals surface area contributed by atoms with Gasteiger partial charge in [-0.25, -0.2) is 4.39 Å². The first-order valence-corrected chi connectivity index (χ1v) is 11.5. The topological polar surface area (TPSA) is 45.2 Å². The summed E-state index contributed by atoms with van der Waals surface area (Å²) in [5.41, 5.74) is 4.35. The van der Waals surface area contributed by atoms with Crippen molar-refractivity contribution >= 4 is 40.0 Å². The number of nitrogens with one attached hydrogen (secondary N) is 1. The van der Waals surface area contributed by atoms with E-state index in [1.165, 1.54) is 6.07 Å². The number of benzene rings is 3. The van der Waals surface area contributed by atoms with Gasteiger partial charge in [-0.15, -0.1) is 0 Å². The van der Waals surface area contributed by atoms with Gasteiger partial charge < -0.3 is 9.62 Å². The molecule has 1 amide bonds. The zero-order valence-electron chi connectivity index (χ0n) is 17.6. The fourth-order valence-electron chi connectivity index (χ4n) is 3.98. The van der Waals surface area contributed by atoms with E-state index in [0.717, 1.165) is 46.3 Å². The number of carbonyl (C=O) groups is 1. The lowest BCUT2D eigenvalue weighted by molar-refractivity contribution is 0.102. The molecule has 3 aromatic carbocycles. The summed E-state index contributed by atoms with van der Waals surface area (Å²) in [6, 6.07) is 20.5. The van der Waals surface area contributed by atoms with Crippen LogP contribution in [-0.4, -0.2) is 23.2 Å². The monoisotopic (exact) mass is 443 g/mol. The maximum atomic E-state index is 14.6. The number of halogens is 1. The molecule has 0 aliphatic carbocycles. The molecule has 0 radical (unpaired) electrons. The Balaban J connectivity index is 1.43. The molecule has 5 rings (SSSR count). The summed E-state index contributed by atoms with van der Waals surface area (Å²) in [5.74, 6) is 0.269. The molecule has 160 valence electrons. The standard InChI is InChI=1S/C26H22FN3OS/c1-17-7-9-20(16-22(17)25-21-6-3-2-5-18(21)11-12-28-25)29-26(31)19-8-10-24(23(27)15-19)30-13-4-14-32-30/h2-3,5-12,15-16H,4,13-14H2,1H3,(H,29,31). The molecular formula is C26H22FN3OS. The molecule has 4 nitrogen and oxygen atoms in total. The van der Waals surface area contributed by atoms with Gasteiger partial charge in [0, 0.05) is 40.7 Å². The highest BCUT2D eigenvalue weighted by atomic mass is 32.2. The second-order valence-electron chi connectivity index (χ2n) is 7.82. The summed E-state index contributed by atoms with van der Waals surface area (Å²) in [5, 5.41) is 5.07. The second-order valence-corrected chi connectivity index (χ2v) is 8.93. The summed E-state index contributed by atoms with van der Waals surface area (Å²) in [6.07, 6.45) is 2.83. The number of aryl methyl sites for hydroxylation is 1. The number of aromatic nitrogens is 1. The van der Waals surface area contributed by atoms with Crippen LogP contribution in [-0.2, 0) is 0 Å². The van der Waals surface area contributed by atoms with Crippen molar-refractivity contribution < 1.29 is 9.18 Å². The normalized spacial score (nSPS) is 13.5. The Hall–Kier alpha value is -3.38. The van der Waals surface area contributed by atoms with E-state index in [1.54, 1.807) is 30.3 Å². The molecule has 1 aliphatic rings. The third-order valence-electron chi connectivity index (χ3n) is 5.66. The average molecular weight is 444 g/mol. The molecular weight excluding hydrogens is 421 g/mol. The van der Waals surface area contributed by atoms with Crippen molar-refractivity contribution in [3.63, 3.8) is 0 Å². The van der Waals surface area contributed by atoms with Crippen LogP contribution in [0.5, 0.6) is 0 Å². The van der Waals surface area contributed by atoms with Gasteiger partial charge in [-0.1, -0.05) is 30.3 Å². The maximum Gasteiger partial charge on any atom is 0.255 e. The molecule has 1 aliphatic heterocycles. The second kappa shape index (κ2) is 8.63. The zero-order chi connectivity index (χ0) is 22.1. The van der Waals surface area contributed by atoms with Crippen LogP contribution in [0.4, 0.5) is 15.8 Å². The number of hydrogen-bond donors (Lipinski definition) is 1. The van der Waals surface area contributed by atoms with E-state index in [4.69, 9.17) is 0 Å². The average Bonchev–Trinajstić information content (AvgIpc) is 3.34. The van der Waals surface area contributed by atoms with Crippen molar-refractivity contribution in [2.45, 2.75) is 13.3 Å². The maximum absolute atomic E-state index is 14.6. The number of carbonyl (C=O) groups excluding carboxylic acids is 1. The first kappa shape index (κ1) is 20.5. The van der Waals surface area contributed by atoms with Crippen LogP contribution in [0.1, 0.15) is 22.3 Å². The highest BCUT2D eigenvalue weighted by molar-refractivity contribution is 8.00. The largest absolute Gasteiger partial charge is 0.322 e. The van der Waals surface area contributed by atoms with Crippen molar-refractivity contribution in [2.24, 2.45) is 0 Å². The molecule has 1 aromatic heterocycles. The van der Waals surface area contributed by atoms with Gasteiger partial charge in [0.05, 0.1) is 11.4 Å². The minimum Gasteiger partial charge on any atom is -0.322 e. The first-order valence-electron chi connectivity index (χ1n) is 10.6. The first-order chi connectivity index (χ1) is 15.6. The predicted molar refractivity (Wildman–Crippen MR) is 131 cm³/mol. The molecule has 32 heavy (non-hydrogen) atoms. The van der Waals surface area contributed by atoms with E-state index < -0.39 is 0 Å². The van der Waals surface area contributed by atoms with Crippen LogP contribution in [0, 0.1) is 12.7 Å². The van der Waals surface area contributed by atoms with Crippen LogP contribution >= 0.6 is 11.9 Å². The summed E-state index contributed by atoms with van der Waals surface area (Å²) < 4.78 is 16.6. The molecule has 0 saturated carbocycles. The fraction of sp³-hybridized carbons (Fsp3) is 0.154. The van der Waals surface area contributed by atoms with E-state index in [2.05, 4.69) is 16.4 Å². The Labute approximate surface area is 190 Å². The van der Waals surface area contributed by atoms with Gasteiger partial charge in [-0.2, -0.15) is 0 Å². The van der Waals surface area contributed by atoms with Gasteiger partial charge in [0.25, 0.3) is 5.91 Å². The lowest BCUT2D eigenvalue weighted by atomic mass is 9.99. The number of hydrogen-bond acceptors (Lipinski definition) is 4. The Kier molecular flexibility index (Phi) is 5.53. The summed E-state index contributed by atoms with van der Waals surface area (Å²) in [6.45, 7) is 2.84. The van der Waals surface area contributed by atoms with Crippen LogP contribution in [0.3, 0.4) is 0 Å². The van der Waals surface area contributed by atoms with Gasteiger partial charge in [-0.3, -0.25) is 9.78 Å². The van der Waals surface area contributed by atoms with Crippen molar-refractivity contribution in [3.8, 4) is 11.3 Å². The lowest BCUT2D eigenvalue weighted by Gasteiger charge is -2.17. The summed E-state index contributed by atoms with van der Waals surface area (Å²) in [7, 11) is 0. The van der Waals surface area contributed by atoms with Crippen molar-refractivity contribution in [3.05, 3.63) is 89.9 Å². The van der Waals surface area contributed by atoms with Crippen LogP contribution in [0.25, 0.3) is 22.0 Å². The van der Waals surface area contributed by atoms with E-state index >= 15 is 0 Å². The lowest BCUT2D eigenvalue weighted by Crippen LogP contribution is -2.14. The van der Waals surface area contributed by atoms with Crippen molar-refractivity contribution in [2.75, 3.05) is 21.9 Å². The quantitative estimate of drug-likeness (QED) is 0.368. The number of rotatable bonds is 4. The Morgan fingerprint density at radius 1 is 1.09 bits per heavy atom. The van der Waals surface area contributed by atoms with Crippen LogP contribution in [0.2, 0.25) is 0 Å². The number of anilines is 2. The number of fused-ring (bicyclic) bond motifs is 1. The van der Waals surface area contributed by atoms with Crippen LogP contribution < -0.4 is 9.62 Å². The van der Waals surface area contributed by atoms with Gasteiger partial charge in [-0.05, 0) is 72.6 Å². The molecule has 0 unspecified atom stereocenters. The summed E-state index contributed by atoms with van der Waals surface area (Å²) >= 11 is 1.61. The molecule has 0 atom stereocenters. The molecule has 2 heterocycles. The van der Waals surface area contributed by atoms with Gasteiger partial charge in [0.2, 0.25) is 0 Å². The van der Waals surface area contributed by atoms with E-state index in [1.807, 2.05) is 53.7 Å². The molecule has 0 spiro atoms. The zero-order valence-corrected chi connectivity index (χ0v) is 18.5. The Morgan fingerprint density at radius 2 is 1.97 bits per heavy atom. The van der Waals surface area contributed by atoms with E-state index in [0.29, 0.717) is 16.9 Å². The van der Waals surface area contributed by atoms with Crippen molar-refractivity contribution in [1.82, 2.24) is 4.98 Å². The highest BCUT2D eigenvalue weighted by Gasteiger charge is 2.19. The van der Waals surface area contributed by atoms with Crippen LogP contribution in [0.15, 0.2) is 72.9 Å². The molecule has 6 heteroatoms. The third kappa shape index (κ3) is 3.94. The molecule has 1 saturated heterocycles. The summed E-state index contributed by atoms with van der Waals surface area (Å²) in [4.78, 5) is 17.4. The minimum atomic E-state index is -0.378. The van der Waals surface area contributed by atoms with Gasteiger partial charge in [0.15, 0.2) is 0 Å². The SMILES string of the molecule is Cc1ccc(NC(=O)c2ccc(N3CCCS3)c(F)c2)cc1-c1nccc2ccccc12. The van der Waals surface area contributed by atoms with E-state index in [9.17, 15) is 9.18 Å². The Bertz CT molecular complexity index is 1310. The third-order valence-corrected chi connectivity index (χ3v) is 6.82. The van der Waals surface area contributed by atoms with Gasteiger partial charge in [0.1, 0.15) is 5.82 Å².